The molecule has 102 valence electrons. The van der Waals surface area contributed by atoms with Gasteiger partial charge in [-0.2, -0.15) is 0 Å². The average molecular weight is 304 g/mol. The minimum Gasteiger partial charge on any atom is -0.303 e. The maximum Gasteiger partial charge on any atom is 0.242 e. The van der Waals surface area contributed by atoms with Gasteiger partial charge < -0.3 is 4.90 Å². The third kappa shape index (κ3) is 3.13. The van der Waals surface area contributed by atoms with Crippen molar-refractivity contribution in [1.82, 2.24) is 0 Å². The summed E-state index contributed by atoms with van der Waals surface area (Å²) in [5.74, 6) is -1.33. The number of carbonyl (C=O) groups is 1. The zero-order valence-electron chi connectivity index (χ0n) is 9.79. The molecule has 0 saturated heterocycles. The van der Waals surface area contributed by atoms with Gasteiger partial charge in [0.05, 0.1) is 11.8 Å². The van der Waals surface area contributed by atoms with Crippen molar-refractivity contribution in [3.8, 4) is 0 Å². The van der Waals surface area contributed by atoms with Crippen molar-refractivity contribution in [3.63, 3.8) is 0 Å². The maximum absolute atomic E-state index is 12.9. The van der Waals surface area contributed by atoms with E-state index in [4.69, 9.17) is 11.6 Å². The van der Waals surface area contributed by atoms with E-state index < -0.39 is 27.6 Å². The first-order chi connectivity index (χ1) is 8.93. The Hall–Kier alpha value is -1.40. The van der Waals surface area contributed by atoms with Crippen LogP contribution in [0.25, 0.3) is 0 Å². The molecule has 0 radical (unpaired) electrons. The molecule has 0 aliphatic carbocycles. The molecule has 19 heavy (non-hydrogen) atoms. The minimum absolute atomic E-state index is 0.187. The van der Waals surface area contributed by atoms with Crippen LogP contribution in [0.3, 0.4) is 0 Å². The van der Waals surface area contributed by atoms with Crippen LogP contribution in [0.1, 0.15) is 0 Å². The molecule has 0 bridgehead atoms. The molecule has 0 aromatic heterocycles. The topological polar surface area (TPSA) is 54.5 Å². The Morgan fingerprint density at radius 2 is 2.00 bits per heavy atom. The van der Waals surface area contributed by atoms with E-state index in [2.05, 4.69) is 0 Å². The first-order valence-electron chi connectivity index (χ1n) is 5.47. The number of halogens is 2. The van der Waals surface area contributed by atoms with Crippen LogP contribution >= 0.6 is 11.6 Å². The van der Waals surface area contributed by atoms with Gasteiger partial charge in [-0.15, -0.1) is 11.6 Å². The van der Waals surface area contributed by atoms with Crippen LogP contribution in [0, 0.1) is 5.82 Å². The second-order valence-electron chi connectivity index (χ2n) is 4.10. The van der Waals surface area contributed by atoms with E-state index in [1.54, 1.807) is 0 Å². The van der Waals surface area contributed by atoms with Gasteiger partial charge in [0.15, 0.2) is 9.84 Å². The fourth-order valence-electron chi connectivity index (χ4n) is 1.91. The zero-order valence-corrected chi connectivity index (χ0v) is 11.4. The van der Waals surface area contributed by atoms with Crippen molar-refractivity contribution in [2.75, 3.05) is 16.5 Å². The summed E-state index contributed by atoms with van der Waals surface area (Å²) >= 11 is 5.54. The molecule has 1 amide bonds. The van der Waals surface area contributed by atoms with Gasteiger partial charge in [0.1, 0.15) is 11.7 Å². The first kappa shape index (κ1) is 14.0. The molecule has 1 aromatic rings. The van der Waals surface area contributed by atoms with E-state index in [9.17, 15) is 17.6 Å². The summed E-state index contributed by atoms with van der Waals surface area (Å²) < 4.78 is 35.7. The van der Waals surface area contributed by atoms with E-state index in [1.165, 1.54) is 35.2 Å². The maximum atomic E-state index is 12.9. The molecule has 1 aliphatic rings. The van der Waals surface area contributed by atoms with E-state index in [-0.39, 0.29) is 11.6 Å². The number of amides is 1. The third-order valence-corrected chi connectivity index (χ3v) is 4.34. The number of sulfone groups is 1. The Kier molecular flexibility index (Phi) is 3.91. The van der Waals surface area contributed by atoms with Crippen molar-refractivity contribution >= 4 is 33.0 Å². The molecule has 0 unspecified atom stereocenters. The quantitative estimate of drug-likeness (QED) is 0.799. The Morgan fingerprint density at radius 1 is 1.37 bits per heavy atom. The van der Waals surface area contributed by atoms with Crippen LogP contribution in [-0.2, 0) is 14.6 Å². The summed E-state index contributed by atoms with van der Waals surface area (Å²) in [6, 6.07) is 4.63. The first-order valence-corrected chi connectivity index (χ1v) is 7.72. The second-order valence-corrected chi connectivity index (χ2v) is 6.30. The van der Waals surface area contributed by atoms with Crippen LogP contribution in [0.15, 0.2) is 35.7 Å². The van der Waals surface area contributed by atoms with Crippen LogP contribution < -0.4 is 4.90 Å². The summed E-state index contributed by atoms with van der Waals surface area (Å²) in [4.78, 5) is 13.1. The highest BCUT2D eigenvalue weighted by Crippen LogP contribution is 2.23. The molecular weight excluding hydrogens is 293 g/mol. The second kappa shape index (κ2) is 5.30. The predicted octanol–water partition coefficient (Wildman–Crippen LogP) is 1.71. The molecule has 0 saturated carbocycles. The van der Waals surface area contributed by atoms with Crippen molar-refractivity contribution in [3.05, 3.63) is 41.6 Å². The number of hydrogen-bond donors (Lipinski definition) is 0. The van der Waals surface area contributed by atoms with Crippen molar-refractivity contribution in [1.29, 1.82) is 0 Å². The highest BCUT2D eigenvalue weighted by molar-refractivity contribution is 7.94. The largest absolute Gasteiger partial charge is 0.303 e. The van der Waals surface area contributed by atoms with E-state index in [1.807, 2.05) is 0 Å². The molecule has 7 heteroatoms. The number of benzene rings is 1. The van der Waals surface area contributed by atoms with Crippen LogP contribution in [-0.4, -0.2) is 32.0 Å². The lowest BCUT2D eigenvalue weighted by atomic mass is 10.2. The summed E-state index contributed by atoms with van der Waals surface area (Å²) in [5.41, 5.74) is 0.416. The average Bonchev–Trinajstić information content (AvgIpc) is 2.72. The van der Waals surface area contributed by atoms with Crippen LogP contribution in [0.2, 0.25) is 0 Å². The standard InChI is InChI=1S/C12H11ClFNO3S/c13-7-12(16)15(10-3-1-9(14)2-4-10)11-5-6-19(17,18)8-11/h1-6,11H,7-8H2/t11-/m0/s1. The Bertz CT molecular complexity index is 612. The molecule has 1 aromatic carbocycles. The fourth-order valence-corrected chi connectivity index (χ4v) is 3.30. The van der Waals surface area contributed by atoms with Crippen LogP contribution in [0.5, 0.6) is 0 Å². The number of carbonyl (C=O) groups excluding carboxylic acids is 1. The van der Waals surface area contributed by atoms with Gasteiger partial charge >= 0.3 is 0 Å². The lowest BCUT2D eigenvalue weighted by Gasteiger charge is -2.26. The summed E-state index contributed by atoms with van der Waals surface area (Å²) in [5, 5.41) is 1.08. The van der Waals surface area contributed by atoms with Gasteiger partial charge in [0.2, 0.25) is 5.91 Å². The predicted molar refractivity (Wildman–Crippen MR) is 71.3 cm³/mol. The smallest absolute Gasteiger partial charge is 0.242 e. The van der Waals surface area contributed by atoms with Gasteiger partial charge in [-0.1, -0.05) is 0 Å². The molecule has 0 fully saturated rings. The SMILES string of the molecule is O=C(CCl)N(c1ccc(F)cc1)[C@H]1C=CS(=O)(=O)C1. The molecule has 1 heterocycles. The highest BCUT2D eigenvalue weighted by Gasteiger charge is 2.30. The fraction of sp³-hybridized carbons (Fsp3) is 0.250. The molecule has 1 atom stereocenters. The van der Waals surface area contributed by atoms with E-state index in [0.717, 1.165) is 5.41 Å². The molecule has 2 rings (SSSR count). The Balaban J connectivity index is 2.35. The summed E-state index contributed by atoms with van der Waals surface area (Å²) in [6.07, 6.45) is 1.43. The zero-order chi connectivity index (χ0) is 14.0. The molecule has 4 nitrogen and oxygen atoms in total. The van der Waals surface area contributed by atoms with Gasteiger partial charge in [-0.25, -0.2) is 12.8 Å². The molecular formula is C12H11ClFNO3S. The lowest BCUT2D eigenvalue weighted by Crippen LogP contribution is -2.42. The Labute approximate surface area is 115 Å². The normalized spacial score (nSPS) is 20.4. The van der Waals surface area contributed by atoms with Gasteiger partial charge in [0.25, 0.3) is 0 Å². The highest BCUT2D eigenvalue weighted by atomic mass is 35.5. The monoisotopic (exact) mass is 303 g/mol. The molecule has 0 spiro atoms. The number of hydrogen-bond acceptors (Lipinski definition) is 3. The molecule has 1 aliphatic heterocycles. The number of anilines is 1. The van der Waals surface area contributed by atoms with Gasteiger partial charge in [0, 0.05) is 11.1 Å². The van der Waals surface area contributed by atoms with E-state index >= 15 is 0 Å². The Morgan fingerprint density at radius 3 is 2.47 bits per heavy atom. The number of nitrogens with zero attached hydrogens (tertiary/aromatic N) is 1. The van der Waals surface area contributed by atoms with E-state index in [0.29, 0.717) is 5.69 Å². The van der Waals surface area contributed by atoms with Crippen molar-refractivity contribution < 1.29 is 17.6 Å². The summed E-state index contributed by atoms with van der Waals surface area (Å²) in [7, 11) is -3.29. The lowest BCUT2D eigenvalue weighted by molar-refractivity contribution is -0.116. The van der Waals surface area contributed by atoms with Crippen molar-refractivity contribution in [2.24, 2.45) is 0 Å². The number of alkyl halides is 1. The van der Waals surface area contributed by atoms with Crippen LogP contribution in [0.4, 0.5) is 10.1 Å². The van der Waals surface area contributed by atoms with Crippen molar-refractivity contribution in [2.45, 2.75) is 6.04 Å². The van der Waals surface area contributed by atoms with Gasteiger partial charge in [-0.05, 0) is 30.3 Å². The van der Waals surface area contributed by atoms with Gasteiger partial charge in [-0.3, -0.25) is 4.79 Å². The molecule has 0 N–H and O–H groups in total. The third-order valence-electron chi connectivity index (χ3n) is 2.73. The minimum atomic E-state index is -3.29. The number of rotatable bonds is 3. The summed E-state index contributed by atoms with van der Waals surface area (Å²) in [6.45, 7) is 0.